The van der Waals surface area contributed by atoms with Crippen molar-refractivity contribution in [2.45, 2.75) is 31.6 Å². The van der Waals surface area contributed by atoms with Crippen molar-refractivity contribution in [3.63, 3.8) is 0 Å². The fraction of sp³-hybridized carbons (Fsp3) is 0.562. The first-order valence-corrected chi connectivity index (χ1v) is 7.88. The van der Waals surface area contributed by atoms with E-state index in [4.69, 9.17) is 9.47 Å². The summed E-state index contributed by atoms with van der Waals surface area (Å²) in [5.74, 6) is -0.923. The molecule has 0 unspecified atom stereocenters. The van der Waals surface area contributed by atoms with Gasteiger partial charge in [-0.3, -0.25) is 14.6 Å². The van der Waals surface area contributed by atoms with Crippen LogP contribution in [0, 0.1) is 0 Å². The topological polar surface area (TPSA) is 80.8 Å². The molecule has 1 aromatic heterocycles. The molecule has 1 N–H and O–H groups in total. The van der Waals surface area contributed by atoms with Gasteiger partial charge in [-0.2, -0.15) is 0 Å². The van der Waals surface area contributed by atoms with Gasteiger partial charge in [-0.25, -0.2) is 0 Å². The lowest BCUT2D eigenvalue weighted by molar-refractivity contribution is -0.187. The highest BCUT2D eigenvalue weighted by atomic mass is 16.7. The number of nitrogens with one attached hydrogen (secondary N) is 1. The van der Waals surface area contributed by atoms with E-state index in [0.717, 1.165) is 5.56 Å². The van der Waals surface area contributed by atoms with Crippen molar-refractivity contribution in [1.29, 1.82) is 0 Å². The van der Waals surface area contributed by atoms with Crippen molar-refractivity contribution in [2.75, 3.05) is 26.3 Å². The molecule has 3 rings (SSSR count). The lowest BCUT2D eigenvalue weighted by Crippen LogP contribution is -2.48. The molecule has 3 heterocycles. The molecule has 1 spiro atoms. The molecule has 2 fully saturated rings. The Bertz CT molecular complexity index is 548. The van der Waals surface area contributed by atoms with Crippen molar-refractivity contribution in [3.8, 4) is 0 Å². The Kier molecular flexibility index (Phi) is 4.88. The highest BCUT2D eigenvalue weighted by Gasteiger charge is 2.40. The first-order chi connectivity index (χ1) is 11.2. The maximum atomic E-state index is 12.2. The SMILES string of the molecule is O=C(CC(=O)N1CCC2(CC1)OCCO2)NCc1cccnc1. The summed E-state index contributed by atoms with van der Waals surface area (Å²) in [7, 11) is 0. The second-order valence-electron chi connectivity index (χ2n) is 5.80. The zero-order chi connectivity index (χ0) is 16.1. The summed E-state index contributed by atoms with van der Waals surface area (Å²) in [6.45, 7) is 2.74. The van der Waals surface area contributed by atoms with Crippen molar-refractivity contribution < 1.29 is 19.1 Å². The predicted molar refractivity (Wildman–Crippen MR) is 81.1 cm³/mol. The molecule has 2 aliphatic heterocycles. The van der Waals surface area contributed by atoms with Gasteiger partial charge in [-0.1, -0.05) is 6.07 Å². The third-order valence-electron chi connectivity index (χ3n) is 4.22. The standard InChI is InChI=1S/C16H21N3O4/c20-14(18-12-13-2-1-5-17-11-13)10-15(21)19-6-3-16(4-7-19)22-8-9-23-16/h1-2,5,11H,3-4,6-10,12H2,(H,18,20). The van der Waals surface area contributed by atoms with E-state index >= 15 is 0 Å². The molecule has 7 heteroatoms. The van der Waals surface area contributed by atoms with Gasteiger partial charge in [0, 0.05) is 44.9 Å². The van der Waals surface area contributed by atoms with E-state index in [0.29, 0.717) is 45.7 Å². The van der Waals surface area contributed by atoms with Crippen LogP contribution in [0.5, 0.6) is 0 Å². The molecular weight excluding hydrogens is 298 g/mol. The van der Waals surface area contributed by atoms with Gasteiger partial charge in [0.25, 0.3) is 0 Å². The molecule has 0 aliphatic carbocycles. The number of likely N-dealkylation sites (tertiary alicyclic amines) is 1. The normalized spacial score (nSPS) is 19.7. The van der Waals surface area contributed by atoms with E-state index in [2.05, 4.69) is 10.3 Å². The maximum Gasteiger partial charge on any atom is 0.232 e. The average molecular weight is 319 g/mol. The molecule has 1 aromatic rings. The quantitative estimate of drug-likeness (QED) is 0.815. The van der Waals surface area contributed by atoms with Gasteiger partial charge in [-0.05, 0) is 11.6 Å². The monoisotopic (exact) mass is 319 g/mol. The fourth-order valence-corrected chi connectivity index (χ4v) is 2.90. The number of nitrogens with zero attached hydrogens (tertiary/aromatic N) is 2. The van der Waals surface area contributed by atoms with Crippen molar-refractivity contribution in [3.05, 3.63) is 30.1 Å². The number of ether oxygens (including phenoxy) is 2. The molecule has 2 saturated heterocycles. The van der Waals surface area contributed by atoms with Gasteiger partial charge in [0.15, 0.2) is 5.79 Å². The van der Waals surface area contributed by atoms with Gasteiger partial charge in [0.1, 0.15) is 6.42 Å². The number of aromatic nitrogens is 1. The minimum Gasteiger partial charge on any atom is -0.352 e. The molecule has 0 bridgehead atoms. The molecule has 124 valence electrons. The Morgan fingerprint density at radius 2 is 2.00 bits per heavy atom. The lowest BCUT2D eigenvalue weighted by Gasteiger charge is -2.37. The van der Waals surface area contributed by atoms with Crippen LogP contribution in [0.15, 0.2) is 24.5 Å². The van der Waals surface area contributed by atoms with Crippen LogP contribution in [-0.2, 0) is 25.6 Å². The summed E-state index contributed by atoms with van der Waals surface area (Å²) >= 11 is 0. The Morgan fingerprint density at radius 1 is 1.26 bits per heavy atom. The Hall–Kier alpha value is -1.99. The van der Waals surface area contributed by atoms with Gasteiger partial charge < -0.3 is 19.7 Å². The predicted octanol–water partition coefficient (Wildman–Crippen LogP) is 0.453. The van der Waals surface area contributed by atoms with Crippen LogP contribution >= 0.6 is 0 Å². The van der Waals surface area contributed by atoms with Crippen molar-refractivity contribution >= 4 is 11.8 Å². The van der Waals surface area contributed by atoms with Gasteiger partial charge in [0.05, 0.1) is 13.2 Å². The molecule has 0 atom stereocenters. The lowest BCUT2D eigenvalue weighted by atomic mass is 10.0. The highest BCUT2D eigenvalue weighted by molar-refractivity contribution is 5.96. The van der Waals surface area contributed by atoms with Crippen LogP contribution in [0.4, 0.5) is 0 Å². The van der Waals surface area contributed by atoms with Crippen LogP contribution in [0.25, 0.3) is 0 Å². The van der Waals surface area contributed by atoms with Gasteiger partial charge in [-0.15, -0.1) is 0 Å². The number of piperidine rings is 1. The van der Waals surface area contributed by atoms with E-state index in [9.17, 15) is 9.59 Å². The number of carbonyl (C=O) groups is 2. The number of rotatable bonds is 4. The summed E-state index contributed by atoms with van der Waals surface area (Å²) in [6.07, 6.45) is 4.56. The Morgan fingerprint density at radius 3 is 2.65 bits per heavy atom. The fourth-order valence-electron chi connectivity index (χ4n) is 2.90. The Balaban J connectivity index is 1.41. The molecule has 0 aromatic carbocycles. The number of hydrogen-bond donors (Lipinski definition) is 1. The molecule has 0 radical (unpaired) electrons. The summed E-state index contributed by atoms with van der Waals surface area (Å²) in [6, 6.07) is 3.68. The number of hydrogen-bond acceptors (Lipinski definition) is 5. The number of pyridine rings is 1. The highest BCUT2D eigenvalue weighted by Crippen LogP contribution is 2.31. The summed E-state index contributed by atoms with van der Waals surface area (Å²) in [4.78, 5) is 29.8. The van der Waals surface area contributed by atoms with Crippen molar-refractivity contribution in [1.82, 2.24) is 15.2 Å². The zero-order valence-electron chi connectivity index (χ0n) is 13.0. The molecular formula is C16H21N3O4. The third-order valence-corrected chi connectivity index (χ3v) is 4.22. The molecule has 2 amide bonds. The molecule has 0 saturated carbocycles. The second-order valence-corrected chi connectivity index (χ2v) is 5.80. The van der Waals surface area contributed by atoms with E-state index in [-0.39, 0.29) is 18.2 Å². The Labute approximate surface area is 135 Å². The van der Waals surface area contributed by atoms with Crippen LogP contribution in [0.1, 0.15) is 24.8 Å². The molecule has 2 aliphatic rings. The van der Waals surface area contributed by atoms with Crippen molar-refractivity contribution in [2.24, 2.45) is 0 Å². The van der Waals surface area contributed by atoms with Gasteiger partial charge >= 0.3 is 0 Å². The summed E-state index contributed by atoms with van der Waals surface area (Å²) < 4.78 is 11.3. The van der Waals surface area contributed by atoms with Crippen LogP contribution in [-0.4, -0.2) is 53.8 Å². The zero-order valence-corrected chi connectivity index (χ0v) is 13.0. The largest absolute Gasteiger partial charge is 0.352 e. The van der Waals surface area contributed by atoms with Crippen LogP contribution < -0.4 is 5.32 Å². The van der Waals surface area contributed by atoms with E-state index in [1.165, 1.54) is 0 Å². The molecule has 23 heavy (non-hydrogen) atoms. The van der Waals surface area contributed by atoms with Gasteiger partial charge in [0.2, 0.25) is 11.8 Å². The van der Waals surface area contributed by atoms with E-state index < -0.39 is 5.79 Å². The maximum absolute atomic E-state index is 12.2. The first kappa shape index (κ1) is 15.9. The van der Waals surface area contributed by atoms with Crippen LogP contribution in [0.3, 0.4) is 0 Å². The van der Waals surface area contributed by atoms with E-state index in [1.54, 1.807) is 17.3 Å². The smallest absolute Gasteiger partial charge is 0.232 e. The first-order valence-electron chi connectivity index (χ1n) is 7.88. The molecule has 7 nitrogen and oxygen atoms in total. The third kappa shape index (κ3) is 4.05. The number of amides is 2. The summed E-state index contributed by atoms with van der Waals surface area (Å²) in [5, 5.41) is 2.74. The van der Waals surface area contributed by atoms with E-state index in [1.807, 2.05) is 12.1 Å². The summed E-state index contributed by atoms with van der Waals surface area (Å²) in [5.41, 5.74) is 0.906. The minimum atomic E-state index is -0.501. The van der Waals surface area contributed by atoms with Crippen LogP contribution in [0.2, 0.25) is 0 Å². The average Bonchev–Trinajstić information content (AvgIpc) is 3.02. The number of carbonyl (C=O) groups excluding carboxylic acids is 2. The minimum absolute atomic E-state index is 0.130. The second kappa shape index (κ2) is 7.06.